The van der Waals surface area contributed by atoms with Gasteiger partial charge in [-0.1, -0.05) is 0 Å². The van der Waals surface area contributed by atoms with Crippen molar-refractivity contribution >= 4 is 17.6 Å². The van der Waals surface area contributed by atoms with E-state index in [1.165, 1.54) is 24.3 Å². The molecule has 0 aliphatic heterocycles. The smallest absolute Gasteiger partial charge is 0.345 e. The van der Waals surface area contributed by atoms with Crippen molar-refractivity contribution in [3.05, 3.63) is 29.8 Å². The maximum Gasteiger partial charge on any atom is 0.345 e. The zero-order valence-electron chi connectivity index (χ0n) is 7.20. The molecular formula is C9H8FNO3. The fourth-order valence-electron chi connectivity index (χ4n) is 0.809. The number of rotatable bonds is 2. The fraction of sp³-hybridized carbons (Fsp3) is 0.111. The van der Waals surface area contributed by atoms with E-state index >= 15 is 0 Å². The Labute approximate surface area is 79.5 Å². The highest BCUT2D eigenvalue weighted by Crippen LogP contribution is 2.06. The second kappa shape index (κ2) is 4.36. The minimum absolute atomic E-state index is 0.154. The van der Waals surface area contributed by atoms with E-state index < -0.39 is 18.6 Å². The Morgan fingerprint density at radius 3 is 2.36 bits per heavy atom. The molecule has 0 amide bonds. The number of anilines is 1. The average Bonchev–Trinajstić information content (AvgIpc) is 2.18. The van der Waals surface area contributed by atoms with Gasteiger partial charge in [0, 0.05) is 5.69 Å². The van der Waals surface area contributed by atoms with Crippen molar-refractivity contribution in [2.75, 3.05) is 12.4 Å². The number of hydrogen-bond donors (Lipinski definition) is 1. The van der Waals surface area contributed by atoms with Crippen molar-refractivity contribution in [2.45, 2.75) is 0 Å². The molecule has 14 heavy (non-hydrogen) atoms. The number of benzene rings is 1. The number of halogens is 1. The second-order valence-corrected chi connectivity index (χ2v) is 2.52. The van der Waals surface area contributed by atoms with Gasteiger partial charge in [-0.15, -0.1) is 0 Å². The van der Waals surface area contributed by atoms with Crippen LogP contribution < -0.4 is 5.73 Å². The van der Waals surface area contributed by atoms with Crippen molar-refractivity contribution in [2.24, 2.45) is 0 Å². The van der Waals surface area contributed by atoms with Crippen molar-refractivity contribution in [1.82, 2.24) is 0 Å². The molecule has 0 fully saturated rings. The zero-order valence-corrected chi connectivity index (χ0v) is 7.20. The van der Waals surface area contributed by atoms with Crippen LogP contribution in [-0.2, 0) is 9.53 Å². The van der Waals surface area contributed by atoms with Crippen molar-refractivity contribution in [3.8, 4) is 0 Å². The van der Waals surface area contributed by atoms with Gasteiger partial charge < -0.3 is 10.5 Å². The molecule has 0 unspecified atom stereocenters. The van der Waals surface area contributed by atoms with Crippen LogP contribution in [0.2, 0.25) is 0 Å². The van der Waals surface area contributed by atoms with Gasteiger partial charge in [-0.2, -0.15) is 0 Å². The van der Waals surface area contributed by atoms with Crippen LogP contribution in [0.5, 0.6) is 0 Å². The summed E-state index contributed by atoms with van der Waals surface area (Å²) in [6.07, 6.45) is 0. The van der Waals surface area contributed by atoms with Crippen LogP contribution in [0.25, 0.3) is 0 Å². The van der Waals surface area contributed by atoms with Gasteiger partial charge in [-0.25, -0.2) is 14.0 Å². The summed E-state index contributed by atoms with van der Waals surface area (Å²) in [7, 11) is 0. The van der Waals surface area contributed by atoms with Gasteiger partial charge >= 0.3 is 11.9 Å². The molecule has 4 nitrogen and oxygen atoms in total. The molecule has 0 saturated carbocycles. The minimum atomic E-state index is -1.32. The fourth-order valence-corrected chi connectivity index (χ4v) is 0.809. The molecular weight excluding hydrogens is 189 g/mol. The van der Waals surface area contributed by atoms with Gasteiger partial charge in [0.15, 0.2) is 6.67 Å². The lowest BCUT2D eigenvalue weighted by Crippen LogP contribution is -2.13. The van der Waals surface area contributed by atoms with Gasteiger partial charge in [-0.05, 0) is 24.3 Å². The zero-order chi connectivity index (χ0) is 10.6. The van der Waals surface area contributed by atoms with E-state index in [0.29, 0.717) is 5.69 Å². The topological polar surface area (TPSA) is 69.4 Å². The molecule has 0 bridgehead atoms. The first-order valence-corrected chi connectivity index (χ1v) is 3.80. The minimum Gasteiger partial charge on any atom is -0.399 e. The summed E-state index contributed by atoms with van der Waals surface area (Å²) >= 11 is 0. The molecule has 74 valence electrons. The molecule has 0 aliphatic rings. The van der Waals surface area contributed by atoms with Gasteiger partial charge in [0.1, 0.15) is 0 Å². The maximum absolute atomic E-state index is 11.7. The van der Waals surface area contributed by atoms with Crippen LogP contribution in [0.15, 0.2) is 24.3 Å². The van der Waals surface area contributed by atoms with E-state index in [1.54, 1.807) is 0 Å². The van der Waals surface area contributed by atoms with Crippen LogP contribution in [-0.4, -0.2) is 18.6 Å². The van der Waals surface area contributed by atoms with Gasteiger partial charge in [-0.3, -0.25) is 0 Å². The summed E-state index contributed by atoms with van der Waals surface area (Å²) < 4.78 is 15.8. The Balaban J connectivity index is 2.70. The lowest BCUT2D eigenvalue weighted by molar-refractivity contribution is -0.138. The highest BCUT2D eigenvalue weighted by atomic mass is 19.1. The standard InChI is InChI=1S/C9H8FNO3/c10-5-8(12)14-9(13)6-1-3-7(11)4-2-6/h1-4H,5,11H2. The quantitative estimate of drug-likeness (QED) is 0.435. The highest BCUT2D eigenvalue weighted by molar-refractivity contribution is 5.97. The van der Waals surface area contributed by atoms with E-state index in [2.05, 4.69) is 4.74 Å². The van der Waals surface area contributed by atoms with E-state index in [9.17, 15) is 14.0 Å². The Morgan fingerprint density at radius 2 is 1.86 bits per heavy atom. The SMILES string of the molecule is Nc1ccc(C(=O)OC(=O)CF)cc1. The largest absolute Gasteiger partial charge is 0.399 e. The Morgan fingerprint density at radius 1 is 1.29 bits per heavy atom. The molecule has 1 rings (SSSR count). The van der Waals surface area contributed by atoms with Crippen LogP contribution in [0.1, 0.15) is 10.4 Å². The molecule has 1 aromatic carbocycles. The number of hydrogen-bond acceptors (Lipinski definition) is 4. The monoisotopic (exact) mass is 197 g/mol. The molecule has 5 heteroatoms. The van der Waals surface area contributed by atoms with Gasteiger partial charge in [0.2, 0.25) is 0 Å². The van der Waals surface area contributed by atoms with Crippen LogP contribution in [0, 0.1) is 0 Å². The van der Waals surface area contributed by atoms with Crippen molar-refractivity contribution in [3.63, 3.8) is 0 Å². The molecule has 0 atom stereocenters. The van der Waals surface area contributed by atoms with E-state index in [-0.39, 0.29) is 5.56 Å². The molecule has 2 N–H and O–H groups in total. The Bertz CT molecular complexity index is 348. The number of carbonyl (C=O) groups excluding carboxylic acids is 2. The lowest BCUT2D eigenvalue weighted by atomic mass is 10.2. The molecule has 0 aliphatic carbocycles. The number of alkyl halides is 1. The third-order valence-corrected chi connectivity index (χ3v) is 1.46. The normalized spacial score (nSPS) is 9.50. The summed E-state index contributed by atoms with van der Waals surface area (Å²) in [6, 6.07) is 5.75. The number of nitrogens with two attached hydrogens (primary N) is 1. The third-order valence-electron chi connectivity index (χ3n) is 1.46. The van der Waals surface area contributed by atoms with E-state index in [1.807, 2.05) is 0 Å². The first-order valence-electron chi connectivity index (χ1n) is 3.80. The maximum atomic E-state index is 11.7. The first-order chi connectivity index (χ1) is 6.63. The van der Waals surface area contributed by atoms with E-state index in [4.69, 9.17) is 5.73 Å². The van der Waals surface area contributed by atoms with Crippen molar-refractivity contribution in [1.29, 1.82) is 0 Å². The Hall–Kier alpha value is -1.91. The summed E-state index contributed by atoms with van der Waals surface area (Å²) in [6.45, 7) is -1.32. The molecule has 0 radical (unpaired) electrons. The van der Waals surface area contributed by atoms with Gasteiger partial charge in [0.25, 0.3) is 0 Å². The number of esters is 2. The van der Waals surface area contributed by atoms with Crippen molar-refractivity contribution < 1.29 is 18.7 Å². The summed E-state index contributed by atoms with van der Waals surface area (Å²) in [4.78, 5) is 21.5. The van der Waals surface area contributed by atoms with E-state index in [0.717, 1.165) is 0 Å². The van der Waals surface area contributed by atoms with Crippen LogP contribution in [0.3, 0.4) is 0 Å². The molecule has 0 aromatic heterocycles. The summed E-state index contributed by atoms with van der Waals surface area (Å²) in [5.41, 5.74) is 6.01. The third kappa shape index (κ3) is 2.55. The van der Waals surface area contributed by atoms with Crippen LogP contribution >= 0.6 is 0 Å². The van der Waals surface area contributed by atoms with Crippen LogP contribution in [0.4, 0.5) is 10.1 Å². The molecule has 1 aromatic rings. The van der Waals surface area contributed by atoms with Gasteiger partial charge in [0.05, 0.1) is 5.56 Å². The second-order valence-electron chi connectivity index (χ2n) is 2.52. The summed E-state index contributed by atoms with van der Waals surface area (Å²) in [5, 5.41) is 0. The average molecular weight is 197 g/mol. The first kappa shape index (κ1) is 10.2. The molecule has 0 heterocycles. The number of carbonyl (C=O) groups is 2. The predicted molar refractivity (Wildman–Crippen MR) is 47.3 cm³/mol. The summed E-state index contributed by atoms with van der Waals surface area (Å²) in [5.74, 6) is -2.08. The molecule has 0 saturated heterocycles. The lowest BCUT2D eigenvalue weighted by Gasteiger charge is -2.00. The Kier molecular flexibility index (Phi) is 3.17. The highest BCUT2D eigenvalue weighted by Gasteiger charge is 2.11. The predicted octanol–water partition coefficient (Wildman–Crippen LogP) is 0.922. The number of ether oxygens (including phenoxy) is 1. The number of nitrogen functional groups attached to an aromatic ring is 1. The molecule has 0 spiro atoms.